The van der Waals surface area contributed by atoms with Gasteiger partial charge in [0.15, 0.2) is 0 Å². The van der Waals surface area contributed by atoms with Crippen LogP contribution in [0.5, 0.6) is 11.5 Å². The summed E-state index contributed by atoms with van der Waals surface area (Å²) in [5.74, 6) is -0.326. The summed E-state index contributed by atoms with van der Waals surface area (Å²) in [6.45, 7) is 1.41. The molecule has 2 aromatic rings. The predicted octanol–water partition coefficient (Wildman–Crippen LogP) is 4.34. The fourth-order valence-electron chi connectivity index (χ4n) is 1.85. The number of aliphatic hydroxyl groups is 1. The van der Waals surface area contributed by atoms with Gasteiger partial charge in [0.1, 0.15) is 17.3 Å². The van der Waals surface area contributed by atoms with Crippen LogP contribution in [0.3, 0.4) is 0 Å². The second kappa shape index (κ2) is 6.19. The zero-order valence-corrected chi connectivity index (χ0v) is 12.5. The molecule has 0 aliphatic carbocycles. The number of benzene rings is 2. The molecule has 0 fully saturated rings. The summed E-state index contributed by atoms with van der Waals surface area (Å²) in [4.78, 5) is 10.3. The van der Waals surface area contributed by atoms with E-state index in [0.29, 0.717) is 4.47 Å². The molecule has 0 aromatic heterocycles. The maximum Gasteiger partial charge on any atom is 0.274 e. The molecule has 0 saturated heterocycles. The lowest BCUT2D eigenvalue weighted by atomic mass is 10.1. The molecule has 0 saturated carbocycles. The van der Waals surface area contributed by atoms with Crippen molar-refractivity contribution in [1.82, 2.24) is 0 Å². The van der Waals surface area contributed by atoms with E-state index in [1.54, 1.807) is 0 Å². The highest BCUT2D eigenvalue weighted by Crippen LogP contribution is 2.34. The van der Waals surface area contributed by atoms with Gasteiger partial charge in [-0.05, 0) is 25.1 Å². The van der Waals surface area contributed by atoms with E-state index in [1.807, 2.05) is 0 Å². The van der Waals surface area contributed by atoms with Crippen molar-refractivity contribution in [2.24, 2.45) is 0 Å². The lowest BCUT2D eigenvalue weighted by Gasteiger charge is -2.14. The number of ether oxygens (including phenoxy) is 1. The SMILES string of the molecule is C[C@H](O)c1c(F)cccc1Oc1cc(Br)cc([N+](=O)[O-])c1. The molecule has 0 aliphatic rings. The minimum Gasteiger partial charge on any atom is -0.457 e. The van der Waals surface area contributed by atoms with Gasteiger partial charge in [-0.25, -0.2) is 4.39 Å². The van der Waals surface area contributed by atoms with Gasteiger partial charge >= 0.3 is 0 Å². The lowest BCUT2D eigenvalue weighted by molar-refractivity contribution is -0.385. The van der Waals surface area contributed by atoms with E-state index >= 15 is 0 Å². The van der Waals surface area contributed by atoms with Gasteiger partial charge in [0.05, 0.1) is 22.7 Å². The molecule has 5 nitrogen and oxygen atoms in total. The van der Waals surface area contributed by atoms with Crippen LogP contribution in [0.25, 0.3) is 0 Å². The number of nitro benzene ring substituents is 1. The first-order chi connectivity index (χ1) is 9.88. The molecule has 0 spiro atoms. The van der Waals surface area contributed by atoms with Gasteiger partial charge in [-0.1, -0.05) is 22.0 Å². The Balaban J connectivity index is 2.43. The summed E-state index contributed by atoms with van der Waals surface area (Å²) in [5.41, 5.74) is -0.158. The summed E-state index contributed by atoms with van der Waals surface area (Å²) >= 11 is 3.15. The highest BCUT2D eigenvalue weighted by molar-refractivity contribution is 9.10. The highest BCUT2D eigenvalue weighted by atomic mass is 79.9. The molecule has 0 unspecified atom stereocenters. The maximum absolute atomic E-state index is 13.7. The van der Waals surface area contributed by atoms with Crippen LogP contribution in [0.4, 0.5) is 10.1 Å². The predicted molar refractivity (Wildman–Crippen MR) is 77.9 cm³/mol. The van der Waals surface area contributed by atoms with Crippen molar-refractivity contribution in [1.29, 1.82) is 0 Å². The Morgan fingerprint density at radius 2 is 2.10 bits per heavy atom. The van der Waals surface area contributed by atoms with E-state index in [1.165, 1.54) is 43.3 Å². The lowest BCUT2D eigenvalue weighted by Crippen LogP contribution is -2.00. The normalized spacial score (nSPS) is 12.0. The van der Waals surface area contributed by atoms with Gasteiger partial charge in [0, 0.05) is 10.5 Å². The minimum absolute atomic E-state index is 0.000119. The molecule has 1 atom stereocenters. The first kappa shape index (κ1) is 15.4. The van der Waals surface area contributed by atoms with Crippen LogP contribution in [0.2, 0.25) is 0 Å². The topological polar surface area (TPSA) is 72.6 Å². The van der Waals surface area contributed by atoms with Gasteiger partial charge in [-0.2, -0.15) is 0 Å². The van der Waals surface area contributed by atoms with Crippen molar-refractivity contribution in [3.63, 3.8) is 0 Å². The number of nitro groups is 1. The first-order valence-corrected chi connectivity index (χ1v) is 6.77. The molecule has 0 bridgehead atoms. The van der Waals surface area contributed by atoms with E-state index < -0.39 is 16.8 Å². The fraction of sp³-hybridized carbons (Fsp3) is 0.143. The summed E-state index contributed by atoms with van der Waals surface area (Å²) in [6, 6.07) is 8.19. The Labute approximate surface area is 128 Å². The monoisotopic (exact) mass is 355 g/mol. The smallest absolute Gasteiger partial charge is 0.274 e. The van der Waals surface area contributed by atoms with Gasteiger partial charge in [0.25, 0.3) is 5.69 Å². The number of rotatable bonds is 4. The van der Waals surface area contributed by atoms with Crippen LogP contribution in [-0.2, 0) is 0 Å². The van der Waals surface area contributed by atoms with Crippen molar-refractivity contribution in [3.05, 3.63) is 62.4 Å². The summed E-state index contributed by atoms with van der Waals surface area (Å²) in [7, 11) is 0. The van der Waals surface area contributed by atoms with Gasteiger partial charge in [-0.3, -0.25) is 10.1 Å². The van der Waals surface area contributed by atoms with E-state index in [0.717, 1.165) is 0 Å². The molecular weight excluding hydrogens is 345 g/mol. The van der Waals surface area contributed by atoms with Crippen LogP contribution in [0, 0.1) is 15.9 Å². The van der Waals surface area contributed by atoms with Crippen LogP contribution in [0.15, 0.2) is 40.9 Å². The number of halogens is 2. The van der Waals surface area contributed by atoms with Crippen molar-refractivity contribution < 1.29 is 19.2 Å². The van der Waals surface area contributed by atoms with E-state index in [2.05, 4.69) is 15.9 Å². The quantitative estimate of drug-likeness (QED) is 0.653. The minimum atomic E-state index is -1.07. The van der Waals surface area contributed by atoms with Crippen molar-refractivity contribution in [2.45, 2.75) is 13.0 Å². The first-order valence-electron chi connectivity index (χ1n) is 5.98. The number of hydrogen-bond donors (Lipinski definition) is 1. The molecule has 0 radical (unpaired) electrons. The number of non-ortho nitro benzene ring substituents is 1. The number of hydrogen-bond acceptors (Lipinski definition) is 4. The Hall–Kier alpha value is -1.99. The van der Waals surface area contributed by atoms with E-state index in [-0.39, 0.29) is 22.7 Å². The summed E-state index contributed by atoms with van der Waals surface area (Å²) in [5, 5.41) is 20.4. The molecule has 2 aromatic carbocycles. The third kappa shape index (κ3) is 3.56. The molecule has 0 aliphatic heterocycles. The van der Waals surface area contributed by atoms with Gasteiger partial charge in [0.2, 0.25) is 0 Å². The van der Waals surface area contributed by atoms with E-state index in [4.69, 9.17) is 4.74 Å². The average Bonchev–Trinajstić information content (AvgIpc) is 2.37. The maximum atomic E-state index is 13.7. The molecule has 21 heavy (non-hydrogen) atoms. The van der Waals surface area contributed by atoms with E-state index in [9.17, 15) is 19.6 Å². The average molecular weight is 356 g/mol. The number of nitrogens with zero attached hydrogens (tertiary/aromatic N) is 1. The number of aliphatic hydroxyl groups excluding tert-OH is 1. The Morgan fingerprint density at radius 3 is 2.71 bits per heavy atom. The Kier molecular flexibility index (Phi) is 4.54. The van der Waals surface area contributed by atoms with Crippen molar-refractivity contribution in [3.8, 4) is 11.5 Å². The van der Waals surface area contributed by atoms with Crippen LogP contribution in [-0.4, -0.2) is 10.0 Å². The van der Waals surface area contributed by atoms with Crippen LogP contribution < -0.4 is 4.74 Å². The Bertz CT molecular complexity index is 691. The fourth-order valence-corrected chi connectivity index (χ4v) is 2.31. The van der Waals surface area contributed by atoms with Crippen molar-refractivity contribution in [2.75, 3.05) is 0 Å². The second-order valence-electron chi connectivity index (χ2n) is 4.33. The van der Waals surface area contributed by atoms with Crippen molar-refractivity contribution >= 4 is 21.6 Å². The Morgan fingerprint density at radius 1 is 1.38 bits per heavy atom. The molecule has 110 valence electrons. The third-order valence-corrected chi connectivity index (χ3v) is 3.18. The largest absolute Gasteiger partial charge is 0.457 e. The summed E-state index contributed by atoms with van der Waals surface area (Å²) < 4.78 is 19.7. The highest BCUT2D eigenvalue weighted by Gasteiger charge is 2.17. The molecule has 1 N–H and O–H groups in total. The molecule has 2 rings (SSSR count). The van der Waals surface area contributed by atoms with Crippen LogP contribution in [0.1, 0.15) is 18.6 Å². The third-order valence-electron chi connectivity index (χ3n) is 2.73. The molecule has 0 amide bonds. The molecule has 7 heteroatoms. The van der Waals surface area contributed by atoms with Gasteiger partial charge < -0.3 is 9.84 Å². The zero-order chi connectivity index (χ0) is 15.6. The second-order valence-corrected chi connectivity index (χ2v) is 5.25. The molecule has 0 heterocycles. The van der Waals surface area contributed by atoms with Gasteiger partial charge in [-0.15, -0.1) is 0 Å². The zero-order valence-electron chi connectivity index (χ0n) is 10.9. The summed E-state index contributed by atoms with van der Waals surface area (Å²) in [6.07, 6.45) is -1.07. The standard InChI is InChI=1S/C14H11BrFNO4/c1-8(18)14-12(16)3-2-4-13(14)21-11-6-9(15)5-10(7-11)17(19)20/h2-8,18H,1H3/t8-/m0/s1. The van der Waals surface area contributed by atoms with Crippen LogP contribution >= 0.6 is 15.9 Å². The molecular formula is C14H11BrFNO4.